The van der Waals surface area contributed by atoms with Crippen LogP contribution in [0.3, 0.4) is 0 Å². The Kier molecular flexibility index (Phi) is 4.77. The van der Waals surface area contributed by atoms with Crippen LogP contribution in [0.1, 0.15) is 18.4 Å². The van der Waals surface area contributed by atoms with E-state index in [1.165, 1.54) is 18.0 Å². The van der Waals surface area contributed by atoms with E-state index in [1.54, 1.807) is 24.3 Å². The molecule has 0 atom stereocenters. The molecule has 2 aromatic rings. The number of rotatable bonds is 7. The summed E-state index contributed by atoms with van der Waals surface area (Å²) in [6, 6.07) is 7.21. The van der Waals surface area contributed by atoms with Crippen LogP contribution in [0.2, 0.25) is 0 Å². The highest BCUT2D eigenvalue weighted by atomic mass is 32.2. The van der Waals surface area contributed by atoms with Gasteiger partial charge in [0.1, 0.15) is 5.75 Å². The highest BCUT2D eigenvalue weighted by Gasteiger charge is 2.23. The Hall–Kier alpha value is -2.55. The fourth-order valence-electron chi connectivity index (χ4n) is 1.75. The number of hydrogen-bond acceptors (Lipinski definition) is 7. The van der Waals surface area contributed by atoms with Gasteiger partial charge in [-0.1, -0.05) is 23.9 Å². The molecule has 0 bridgehead atoms. The number of anilines is 1. The van der Waals surface area contributed by atoms with Gasteiger partial charge in [0.05, 0.1) is 12.0 Å². The molecule has 1 aromatic carbocycles. The molecular formula is C14H16N6O2S. The Bertz CT molecular complexity index is 713. The van der Waals surface area contributed by atoms with Crippen LogP contribution < -0.4 is 10.7 Å². The van der Waals surface area contributed by atoms with Gasteiger partial charge < -0.3 is 10.4 Å². The number of nitrogens with zero attached hydrogens (tertiary/aromatic N) is 3. The first-order chi connectivity index (χ1) is 11.2. The Balaban J connectivity index is 1.47. The lowest BCUT2D eigenvalue weighted by Crippen LogP contribution is -2.27. The number of para-hydroxylation sites is 1. The van der Waals surface area contributed by atoms with Crippen molar-refractivity contribution in [3.63, 3.8) is 0 Å². The average Bonchev–Trinajstić information content (AvgIpc) is 3.23. The Morgan fingerprint density at radius 3 is 3.09 bits per heavy atom. The lowest BCUT2D eigenvalue weighted by Gasteiger charge is -1.99. The Labute approximate surface area is 136 Å². The van der Waals surface area contributed by atoms with Crippen molar-refractivity contribution in [2.75, 3.05) is 11.2 Å². The van der Waals surface area contributed by atoms with E-state index in [2.05, 4.69) is 31.0 Å². The molecule has 0 spiro atoms. The number of H-pyrrole nitrogens is 1. The van der Waals surface area contributed by atoms with Crippen molar-refractivity contribution in [1.82, 2.24) is 20.5 Å². The first-order valence-corrected chi connectivity index (χ1v) is 8.11. The summed E-state index contributed by atoms with van der Waals surface area (Å²) in [5, 5.41) is 23.6. The number of aromatic hydroxyl groups is 1. The lowest BCUT2D eigenvalue weighted by molar-refractivity contribution is -0.118. The van der Waals surface area contributed by atoms with Gasteiger partial charge in [-0.15, -0.1) is 5.10 Å². The molecule has 120 valence electrons. The van der Waals surface area contributed by atoms with Gasteiger partial charge in [-0.05, 0) is 25.0 Å². The van der Waals surface area contributed by atoms with Gasteiger partial charge in [-0.2, -0.15) is 10.1 Å². The van der Waals surface area contributed by atoms with Crippen LogP contribution in [0.4, 0.5) is 5.95 Å². The van der Waals surface area contributed by atoms with E-state index in [0.717, 1.165) is 12.8 Å². The molecule has 8 nitrogen and oxygen atoms in total. The summed E-state index contributed by atoms with van der Waals surface area (Å²) in [6.45, 7) is 0. The number of hydrogen-bond donors (Lipinski definition) is 4. The quantitative estimate of drug-likeness (QED) is 0.345. The molecule has 0 saturated heterocycles. The number of carbonyl (C=O) groups is 1. The van der Waals surface area contributed by atoms with Crippen molar-refractivity contribution in [2.24, 2.45) is 5.10 Å². The van der Waals surface area contributed by atoms with E-state index < -0.39 is 0 Å². The number of phenols is 1. The zero-order valence-corrected chi connectivity index (χ0v) is 13.0. The number of hydrazone groups is 1. The number of aromatic amines is 1. The summed E-state index contributed by atoms with van der Waals surface area (Å²) in [7, 11) is 0. The fourth-order valence-corrected chi connectivity index (χ4v) is 2.36. The minimum absolute atomic E-state index is 0.00520. The molecular weight excluding hydrogens is 316 g/mol. The number of nitrogens with one attached hydrogen (secondary N) is 3. The summed E-state index contributed by atoms with van der Waals surface area (Å²) in [4.78, 5) is 15.7. The third-order valence-electron chi connectivity index (χ3n) is 3.05. The van der Waals surface area contributed by atoms with Gasteiger partial charge in [-0.25, -0.2) is 10.5 Å². The van der Waals surface area contributed by atoms with E-state index in [1.807, 2.05) is 0 Å². The van der Waals surface area contributed by atoms with Crippen LogP contribution in [0.25, 0.3) is 0 Å². The van der Waals surface area contributed by atoms with Crippen LogP contribution in [-0.4, -0.2) is 44.2 Å². The first-order valence-electron chi connectivity index (χ1n) is 7.12. The SMILES string of the molecule is O=C(CSc1n[nH]c(N/N=C/c2ccccc2O)n1)NC1CC1. The molecule has 1 amide bonds. The van der Waals surface area contributed by atoms with Gasteiger partial charge in [0.25, 0.3) is 0 Å². The smallest absolute Gasteiger partial charge is 0.240 e. The molecule has 1 fully saturated rings. The zero-order chi connectivity index (χ0) is 16.1. The highest BCUT2D eigenvalue weighted by molar-refractivity contribution is 7.99. The van der Waals surface area contributed by atoms with E-state index in [0.29, 0.717) is 22.7 Å². The van der Waals surface area contributed by atoms with Gasteiger partial charge in [-0.3, -0.25) is 4.79 Å². The number of benzene rings is 1. The van der Waals surface area contributed by atoms with E-state index in [4.69, 9.17) is 0 Å². The normalized spacial score (nSPS) is 14.1. The maximum atomic E-state index is 11.6. The largest absolute Gasteiger partial charge is 0.507 e. The predicted molar refractivity (Wildman–Crippen MR) is 87.6 cm³/mol. The number of aromatic nitrogens is 3. The van der Waals surface area contributed by atoms with Crippen LogP contribution in [0, 0.1) is 0 Å². The molecule has 3 rings (SSSR count). The Morgan fingerprint density at radius 1 is 1.48 bits per heavy atom. The number of amides is 1. The summed E-state index contributed by atoms with van der Waals surface area (Å²) in [6.07, 6.45) is 3.62. The molecule has 0 unspecified atom stereocenters. The third kappa shape index (κ3) is 4.71. The molecule has 1 saturated carbocycles. The van der Waals surface area contributed by atoms with Crippen LogP contribution in [0.5, 0.6) is 5.75 Å². The fraction of sp³-hybridized carbons (Fsp3) is 0.286. The van der Waals surface area contributed by atoms with Crippen LogP contribution >= 0.6 is 11.8 Å². The van der Waals surface area contributed by atoms with Crippen molar-refractivity contribution in [3.05, 3.63) is 29.8 Å². The van der Waals surface area contributed by atoms with Crippen LogP contribution in [0.15, 0.2) is 34.5 Å². The maximum absolute atomic E-state index is 11.6. The lowest BCUT2D eigenvalue weighted by atomic mass is 10.2. The minimum Gasteiger partial charge on any atom is -0.507 e. The van der Waals surface area contributed by atoms with Gasteiger partial charge >= 0.3 is 0 Å². The summed E-state index contributed by atoms with van der Waals surface area (Å²) >= 11 is 1.25. The molecule has 1 heterocycles. The summed E-state index contributed by atoms with van der Waals surface area (Å²) in [5.41, 5.74) is 3.27. The molecule has 0 radical (unpaired) electrons. The molecule has 0 aliphatic heterocycles. The minimum atomic E-state index is -0.00520. The van der Waals surface area contributed by atoms with Crippen molar-refractivity contribution >= 4 is 29.8 Å². The Morgan fingerprint density at radius 2 is 2.30 bits per heavy atom. The predicted octanol–water partition coefficient (Wildman–Crippen LogP) is 1.33. The van der Waals surface area contributed by atoms with Gasteiger partial charge in [0.2, 0.25) is 17.0 Å². The highest BCUT2D eigenvalue weighted by Crippen LogP contribution is 2.20. The summed E-state index contributed by atoms with van der Waals surface area (Å²) in [5.74, 6) is 0.791. The molecule has 1 aliphatic rings. The number of thioether (sulfide) groups is 1. The van der Waals surface area contributed by atoms with Gasteiger partial charge in [0.15, 0.2) is 0 Å². The van der Waals surface area contributed by atoms with Gasteiger partial charge in [0, 0.05) is 11.6 Å². The number of carbonyl (C=O) groups excluding carboxylic acids is 1. The molecule has 1 aromatic heterocycles. The monoisotopic (exact) mass is 332 g/mol. The number of phenolic OH excluding ortho intramolecular Hbond substituents is 1. The van der Waals surface area contributed by atoms with Crippen molar-refractivity contribution < 1.29 is 9.90 Å². The van der Waals surface area contributed by atoms with Crippen molar-refractivity contribution in [1.29, 1.82) is 0 Å². The standard InChI is InChI=1S/C14H16N6O2S/c21-11-4-2-1-3-9(11)7-15-18-13-17-14(20-19-13)23-8-12(22)16-10-5-6-10/h1-4,7,10,21H,5-6,8H2,(H,16,22)(H2,17,18,19,20)/b15-7+. The third-order valence-corrected chi connectivity index (χ3v) is 3.90. The second-order valence-electron chi connectivity index (χ2n) is 5.03. The second kappa shape index (κ2) is 7.14. The van der Waals surface area contributed by atoms with Crippen molar-refractivity contribution in [3.8, 4) is 5.75 Å². The molecule has 1 aliphatic carbocycles. The molecule has 23 heavy (non-hydrogen) atoms. The molecule has 9 heteroatoms. The molecule has 4 N–H and O–H groups in total. The second-order valence-corrected chi connectivity index (χ2v) is 5.97. The van der Waals surface area contributed by atoms with E-state index >= 15 is 0 Å². The average molecular weight is 332 g/mol. The zero-order valence-electron chi connectivity index (χ0n) is 12.2. The van der Waals surface area contributed by atoms with E-state index in [-0.39, 0.29) is 17.4 Å². The topological polar surface area (TPSA) is 115 Å². The first kappa shape index (κ1) is 15.3. The van der Waals surface area contributed by atoms with Crippen LogP contribution in [-0.2, 0) is 4.79 Å². The maximum Gasteiger partial charge on any atom is 0.240 e. The van der Waals surface area contributed by atoms with E-state index in [9.17, 15) is 9.90 Å². The van der Waals surface area contributed by atoms with Crippen molar-refractivity contribution in [2.45, 2.75) is 24.0 Å². The summed E-state index contributed by atoms with van der Waals surface area (Å²) < 4.78 is 0.